The molecule has 0 amide bonds. The molecular formula is C42H71O10P. The number of carbonyl (C=O) groups excluding carboxylic acids is 2. The van der Waals surface area contributed by atoms with Crippen molar-refractivity contribution in [1.29, 1.82) is 0 Å². The summed E-state index contributed by atoms with van der Waals surface area (Å²) >= 11 is 0. The van der Waals surface area contributed by atoms with Crippen LogP contribution in [0.2, 0.25) is 0 Å². The highest BCUT2D eigenvalue weighted by Gasteiger charge is 2.27. The van der Waals surface area contributed by atoms with Gasteiger partial charge in [0.1, 0.15) is 12.7 Å². The lowest BCUT2D eigenvalue weighted by Gasteiger charge is -2.20. The van der Waals surface area contributed by atoms with Crippen LogP contribution in [0.3, 0.4) is 0 Å². The summed E-state index contributed by atoms with van der Waals surface area (Å²) in [5, 5.41) is 18.3. The molecule has 0 aromatic rings. The van der Waals surface area contributed by atoms with E-state index in [2.05, 4.69) is 79.1 Å². The quantitative estimate of drug-likeness (QED) is 0.0243. The van der Waals surface area contributed by atoms with Crippen LogP contribution in [-0.4, -0.2) is 65.7 Å². The zero-order valence-electron chi connectivity index (χ0n) is 32.7. The van der Waals surface area contributed by atoms with Crippen molar-refractivity contribution >= 4 is 19.8 Å². The predicted octanol–water partition coefficient (Wildman–Crippen LogP) is 10.1. The molecule has 0 heterocycles. The van der Waals surface area contributed by atoms with Crippen LogP contribution in [0.5, 0.6) is 0 Å². The molecule has 0 aromatic heterocycles. The second-order valence-corrected chi connectivity index (χ2v) is 14.4. The summed E-state index contributed by atoms with van der Waals surface area (Å²) in [4.78, 5) is 34.8. The van der Waals surface area contributed by atoms with Crippen LogP contribution in [0.15, 0.2) is 72.9 Å². The number of phosphoric acid groups is 1. The van der Waals surface area contributed by atoms with Gasteiger partial charge < -0.3 is 24.6 Å². The second kappa shape index (κ2) is 37.7. The van der Waals surface area contributed by atoms with Crippen molar-refractivity contribution in [2.45, 2.75) is 154 Å². The molecule has 0 rings (SSSR count). The Hall–Kier alpha value is -2.59. The largest absolute Gasteiger partial charge is 0.472 e. The normalized spacial score (nSPS) is 14.7. The number of aliphatic hydroxyl groups excluding tert-OH is 2. The number of hydrogen-bond donors (Lipinski definition) is 3. The third kappa shape index (κ3) is 37.5. The molecule has 3 atom stereocenters. The fourth-order valence-corrected chi connectivity index (χ4v) is 5.63. The lowest BCUT2D eigenvalue weighted by atomic mass is 10.1. The maximum atomic E-state index is 12.5. The number of unbranched alkanes of at least 4 members (excludes halogenated alkanes) is 10. The van der Waals surface area contributed by atoms with Crippen molar-refractivity contribution in [3.63, 3.8) is 0 Å². The van der Waals surface area contributed by atoms with E-state index < -0.39 is 51.8 Å². The van der Waals surface area contributed by atoms with Gasteiger partial charge in [-0.25, -0.2) is 4.57 Å². The van der Waals surface area contributed by atoms with E-state index in [1.165, 1.54) is 44.9 Å². The number of hydrogen-bond acceptors (Lipinski definition) is 9. The third-order valence-electron chi connectivity index (χ3n) is 7.89. The Morgan fingerprint density at radius 3 is 1.53 bits per heavy atom. The molecule has 0 spiro atoms. The van der Waals surface area contributed by atoms with E-state index in [0.29, 0.717) is 12.8 Å². The van der Waals surface area contributed by atoms with E-state index in [0.717, 1.165) is 57.8 Å². The van der Waals surface area contributed by atoms with Crippen molar-refractivity contribution in [3.8, 4) is 0 Å². The highest BCUT2D eigenvalue weighted by Crippen LogP contribution is 2.43. The van der Waals surface area contributed by atoms with Crippen molar-refractivity contribution in [2.24, 2.45) is 0 Å². The lowest BCUT2D eigenvalue weighted by molar-refractivity contribution is -0.161. The van der Waals surface area contributed by atoms with Crippen LogP contribution >= 0.6 is 7.82 Å². The fourth-order valence-electron chi connectivity index (χ4n) is 4.84. The number of phosphoric ester groups is 1. The predicted molar refractivity (Wildman–Crippen MR) is 214 cm³/mol. The maximum absolute atomic E-state index is 12.5. The average molecular weight is 767 g/mol. The van der Waals surface area contributed by atoms with Gasteiger partial charge in [0.2, 0.25) is 0 Å². The van der Waals surface area contributed by atoms with E-state index >= 15 is 0 Å². The van der Waals surface area contributed by atoms with E-state index in [9.17, 15) is 24.2 Å². The molecule has 0 aliphatic heterocycles. The highest BCUT2D eigenvalue weighted by molar-refractivity contribution is 7.47. The molecule has 0 fully saturated rings. The van der Waals surface area contributed by atoms with Crippen LogP contribution in [-0.2, 0) is 32.7 Å². The summed E-state index contributed by atoms with van der Waals surface area (Å²) < 4.78 is 32.5. The molecule has 0 saturated heterocycles. The summed E-state index contributed by atoms with van der Waals surface area (Å²) in [5.41, 5.74) is 0. The molecule has 0 aliphatic carbocycles. The number of esters is 2. The van der Waals surface area contributed by atoms with Gasteiger partial charge in [0.05, 0.1) is 19.8 Å². The maximum Gasteiger partial charge on any atom is 0.472 e. The fraction of sp³-hybridized carbons (Fsp3) is 0.667. The molecule has 53 heavy (non-hydrogen) atoms. The standard InChI is InChI=1S/C42H71O10P/c1-3-5-7-9-11-13-15-16-17-18-19-20-21-22-24-25-27-29-31-33-41(45)49-37-40(38-51-53(47,48)50-36-39(44)35-43)52-42(46)34-32-30-28-26-23-14-12-10-8-6-4-2/h5,7,11,13,16-17,19-20,22,24,27,29,39-40,43-44H,3-4,6,8-10,12,14-15,18,21,23,25-26,28,30-38H2,1-2H3,(H,47,48)/b7-5+,13-11+,17-16+,20-19+,24-22+,29-27+/t39-,40+/m1/s1. The van der Waals surface area contributed by atoms with E-state index in [4.69, 9.17) is 19.1 Å². The number of rotatable bonds is 36. The van der Waals surface area contributed by atoms with Gasteiger partial charge >= 0.3 is 19.8 Å². The van der Waals surface area contributed by atoms with Crippen molar-refractivity contribution < 1.29 is 47.8 Å². The van der Waals surface area contributed by atoms with Crippen molar-refractivity contribution in [2.75, 3.05) is 26.4 Å². The molecule has 304 valence electrons. The Morgan fingerprint density at radius 1 is 0.585 bits per heavy atom. The summed E-state index contributed by atoms with van der Waals surface area (Å²) in [6, 6.07) is 0. The molecule has 1 unspecified atom stereocenters. The Labute approximate surface area is 320 Å². The number of ether oxygens (including phenoxy) is 2. The number of aliphatic hydroxyl groups is 2. The molecule has 11 heteroatoms. The first-order valence-electron chi connectivity index (χ1n) is 19.9. The first-order valence-corrected chi connectivity index (χ1v) is 21.4. The number of carbonyl (C=O) groups is 2. The lowest BCUT2D eigenvalue weighted by Crippen LogP contribution is -2.29. The van der Waals surface area contributed by atoms with Gasteiger partial charge in [0, 0.05) is 12.8 Å². The van der Waals surface area contributed by atoms with Crippen molar-refractivity contribution in [1.82, 2.24) is 0 Å². The monoisotopic (exact) mass is 766 g/mol. The molecule has 0 bridgehead atoms. The minimum Gasteiger partial charge on any atom is -0.462 e. The Morgan fingerprint density at radius 2 is 1.04 bits per heavy atom. The van der Waals surface area contributed by atoms with Crippen LogP contribution in [0.4, 0.5) is 0 Å². The summed E-state index contributed by atoms with van der Waals surface area (Å²) in [6.45, 7) is 2.14. The van der Waals surface area contributed by atoms with Gasteiger partial charge in [0.25, 0.3) is 0 Å². The van der Waals surface area contributed by atoms with Gasteiger partial charge in [-0.2, -0.15) is 0 Å². The van der Waals surface area contributed by atoms with Gasteiger partial charge in [-0.3, -0.25) is 18.6 Å². The van der Waals surface area contributed by atoms with E-state index in [1.54, 1.807) is 0 Å². The number of allylic oxidation sites excluding steroid dienone is 12. The zero-order valence-corrected chi connectivity index (χ0v) is 33.6. The average Bonchev–Trinajstić information content (AvgIpc) is 3.14. The molecule has 3 N–H and O–H groups in total. The third-order valence-corrected chi connectivity index (χ3v) is 8.84. The first-order chi connectivity index (χ1) is 25.7. The Kier molecular flexibility index (Phi) is 35.9. The minimum absolute atomic E-state index is 0.114. The summed E-state index contributed by atoms with van der Waals surface area (Å²) in [6.07, 6.45) is 41.7. The van der Waals surface area contributed by atoms with Gasteiger partial charge in [-0.15, -0.1) is 0 Å². The highest BCUT2D eigenvalue weighted by atomic mass is 31.2. The summed E-state index contributed by atoms with van der Waals surface area (Å²) in [5.74, 6) is -1.03. The van der Waals surface area contributed by atoms with Crippen molar-refractivity contribution in [3.05, 3.63) is 72.9 Å². The molecular weight excluding hydrogens is 695 g/mol. The summed E-state index contributed by atoms with van der Waals surface area (Å²) in [7, 11) is -4.63. The van der Waals surface area contributed by atoms with Crippen LogP contribution < -0.4 is 0 Å². The molecule has 0 radical (unpaired) electrons. The SMILES string of the molecule is CC/C=C/C/C=C/C/C=C/C/C=C/C/C=C/C/C=C/CCC(=O)OC[C@@H](COP(=O)(O)OC[C@H](O)CO)OC(=O)CCCCCCCCCCCCC. The van der Waals surface area contributed by atoms with Crippen LogP contribution in [0.25, 0.3) is 0 Å². The minimum atomic E-state index is -4.63. The molecule has 10 nitrogen and oxygen atoms in total. The van der Waals surface area contributed by atoms with Gasteiger partial charge in [-0.05, 0) is 51.4 Å². The smallest absolute Gasteiger partial charge is 0.462 e. The molecule has 0 aromatic carbocycles. The van der Waals surface area contributed by atoms with Gasteiger partial charge in [0.15, 0.2) is 6.10 Å². The topological polar surface area (TPSA) is 149 Å². The van der Waals surface area contributed by atoms with E-state index in [-0.39, 0.29) is 19.4 Å². The first kappa shape index (κ1) is 50.4. The van der Waals surface area contributed by atoms with Gasteiger partial charge in [-0.1, -0.05) is 151 Å². The van der Waals surface area contributed by atoms with Crippen LogP contribution in [0, 0.1) is 0 Å². The van der Waals surface area contributed by atoms with E-state index in [1.807, 2.05) is 12.2 Å². The Balaban J connectivity index is 4.46. The van der Waals surface area contributed by atoms with Crippen LogP contribution in [0.1, 0.15) is 142 Å². The Bertz CT molecular complexity index is 1110. The molecule has 0 aliphatic rings. The zero-order chi connectivity index (χ0) is 39.1. The second-order valence-electron chi connectivity index (χ2n) is 12.9. The molecule has 0 saturated carbocycles.